The molecule has 1 aliphatic heterocycles. The third kappa shape index (κ3) is 4.92. The molecule has 1 aliphatic rings. The number of halogens is 2. The Kier molecular flexibility index (Phi) is 6.51. The van der Waals surface area contributed by atoms with Crippen LogP contribution in [0.3, 0.4) is 0 Å². The molecule has 0 aliphatic carbocycles. The molecule has 10 heteroatoms. The number of benzene rings is 1. The maximum absolute atomic E-state index is 12.5. The van der Waals surface area contributed by atoms with E-state index in [1.165, 1.54) is 24.3 Å². The largest absolute Gasteiger partial charge is 0.392 e. The maximum atomic E-state index is 12.5. The number of aliphatic hydroxyl groups is 1. The number of sulfone groups is 1. The summed E-state index contributed by atoms with van der Waals surface area (Å²) in [5.41, 5.74) is 2.59. The number of urea groups is 1. The van der Waals surface area contributed by atoms with Crippen molar-refractivity contribution >= 4 is 38.7 Å². The molecule has 154 valence electrons. The standard InChI is InChI=1S/C19H19ClFN3O4S/c20-17-9-13(11-25)10-22-18(17)14-5-7-24(8-6-14)19(26)23-15-1-3-16(4-2-15)29(27,28)12-21/h1-5,9-10,25H,6-8,11-12H2,(H,23,26). The second kappa shape index (κ2) is 8.89. The van der Waals surface area contributed by atoms with E-state index in [1.54, 1.807) is 17.2 Å². The van der Waals surface area contributed by atoms with Gasteiger partial charge >= 0.3 is 6.03 Å². The molecule has 0 radical (unpaired) electrons. The fourth-order valence-corrected chi connectivity index (χ4v) is 3.87. The van der Waals surface area contributed by atoms with Gasteiger partial charge in [-0.2, -0.15) is 0 Å². The van der Waals surface area contributed by atoms with Crippen molar-refractivity contribution in [3.05, 3.63) is 58.9 Å². The van der Waals surface area contributed by atoms with Gasteiger partial charge in [0.1, 0.15) is 0 Å². The van der Waals surface area contributed by atoms with Gasteiger partial charge in [-0.1, -0.05) is 17.7 Å². The monoisotopic (exact) mass is 439 g/mol. The molecule has 0 atom stereocenters. The van der Waals surface area contributed by atoms with Crippen LogP contribution in [0, 0.1) is 0 Å². The molecule has 1 aromatic carbocycles. The third-order valence-electron chi connectivity index (χ3n) is 4.49. The summed E-state index contributed by atoms with van der Waals surface area (Å²) in [6.07, 6.45) is 3.99. The third-order valence-corrected chi connectivity index (χ3v) is 6.06. The van der Waals surface area contributed by atoms with E-state index in [9.17, 15) is 17.6 Å². The molecule has 0 unspecified atom stereocenters. The number of aliphatic hydroxyl groups excluding tert-OH is 1. The molecule has 0 spiro atoms. The van der Waals surface area contributed by atoms with Gasteiger partial charge in [-0.15, -0.1) is 0 Å². The summed E-state index contributed by atoms with van der Waals surface area (Å²) in [5, 5.41) is 12.3. The highest BCUT2D eigenvalue weighted by molar-refractivity contribution is 7.91. The average Bonchev–Trinajstić information content (AvgIpc) is 2.74. The van der Waals surface area contributed by atoms with E-state index in [0.717, 1.165) is 5.57 Å². The van der Waals surface area contributed by atoms with Gasteiger partial charge in [0, 0.05) is 25.0 Å². The smallest absolute Gasteiger partial charge is 0.322 e. The van der Waals surface area contributed by atoms with Crippen LogP contribution in [-0.4, -0.2) is 48.5 Å². The lowest BCUT2D eigenvalue weighted by Crippen LogP contribution is -2.38. The van der Waals surface area contributed by atoms with Gasteiger partial charge in [0.15, 0.2) is 6.01 Å². The molecular weight excluding hydrogens is 421 g/mol. The zero-order valence-electron chi connectivity index (χ0n) is 15.3. The average molecular weight is 440 g/mol. The molecule has 2 heterocycles. The Morgan fingerprint density at radius 3 is 2.59 bits per heavy atom. The minimum atomic E-state index is -3.93. The zero-order valence-corrected chi connectivity index (χ0v) is 16.9. The molecule has 0 bridgehead atoms. The highest BCUT2D eigenvalue weighted by atomic mass is 35.5. The van der Waals surface area contributed by atoms with Crippen LogP contribution in [0.1, 0.15) is 17.7 Å². The number of rotatable bonds is 5. The summed E-state index contributed by atoms with van der Waals surface area (Å²) in [6.45, 7) is 0.668. The number of amides is 2. The van der Waals surface area contributed by atoms with E-state index in [2.05, 4.69) is 10.3 Å². The fourth-order valence-electron chi connectivity index (χ4n) is 2.88. The number of nitrogens with zero attached hydrogens (tertiary/aromatic N) is 2. The first-order valence-electron chi connectivity index (χ1n) is 8.73. The lowest BCUT2D eigenvalue weighted by atomic mass is 10.0. The minimum Gasteiger partial charge on any atom is -0.392 e. The molecule has 1 aromatic heterocycles. The number of pyridine rings is 1. The van der Waals surface area contributed by atoms with Gasteiger partial charge in [-0.05, 0) is 47.9 Å². The predicted octanol–water partition coefficient (Wildman–Crippen LogP) is 3.25. The number of alkyl halides is 1. The number of nitrogens with one attached hydrogen (secondary N) is 1. The van der Waals surface area contributed by atoms with E-state index in [4.69, 9.17) is 16.7 Å². The Morgan fingerprint density at radius 2 is 2.03 bits per heavy atom. The van der Waals surface area contributed by atoms with Gasteiger partial charge in [0.25, 0.3) is 0 Å². The molecule has 2 N–H and O–H groups in total. The first kappa shape index (κ1) is 21.2. The lowest BCUT2D eigenvalue weighted by Gasteiger charge is -2.27. The predicted molar refractivity (Wildman–Crippen MR) is 108 cm³/mol. The molecule has 7 nitrogen and oxygen atoms in total. The van der Waals surface area contributed by atoms with Crippen molar-refractivity contribution in [2.45, 2.75) is 17.9 Å². The SMILES string of the molecule is O=C(Nc1ccc(S(=O)(=O)CF)cc1)N1CC=C(c2ncc(CO)cc2Cl)CC1. The first-order valence-corrected chi connectivity index (χ1v) is 10.8. The molecule has 29 heavy (non-hydrogen) atoms. The van der Waals surface area contributed by atoms with Crippen molar-refractivity contribution in [1.82, 2.24) is 9.88 Å². The van der Waals surface area contributed by atoms with Crippen molar-refractivity contribution in [1.29, 1.82) is 0 Å². The Labute approximate surface area is 172 Å². The number of anilines is 1. The number of carbonyl (C=O) groups excluding carboxylic acids is 1. The molecule has 2 aromatic rings. The summed E-state index contributed by atoms with van der Waals surface area (Å²) in [4.78, 5) is 18.2. The number of carbonyl (C=O) groups is 1. The topological polar surface area (TPSA) is 99.6 Å². The molecular formula is C19H19ClFN3O4S. The fraction of sp³-hybridized carbons (Fsp3) is 0.263. The van der Waals surface area contributed by atoms with Crippen molar-refractivity contribution in [3.8, 4) is 0 Å². The second-order valence-corrected chi connectivity index (χ2v) is 8.76. The van der Waals surface area contributed by atoms with Crippen LogP contribution >= 0.6 is 11.6 Å². The Balaban J connectivity index is 1.64. The molecule has 2 amide bonds. The summed E-state index contributed by atoms with van der Waals surface area (Å²) in [5.74, 6) is 0. The summed E-state index contributed by atoms with van der Waals surface area (Å²) < 4.78 is 35.5. The number of hydrogen-bond acceptors (Lipinski definition) is 5. The zero-order chi connectivity index (χ0) is 21.0. The second-order valence-electron chi connectivity index (χ2n) is 6.44. The molecule has 3 rings (SSSR count). The van der Waals surface area contributed by atoms with Crippen LogP contribution in [0.25, 0.3) is 5.57 Å². The van der Waals surface area contributed by atoms with Gasteiger partial charge < -0.3 is 15.3 Å². The summed E-state index contributed by atoms with van der Waals surface area (Å²) in [7, 11) is -3.93. The van der Waals surface area contributed by atoms with Crippen molar-refractivity contribution in [3.63, 3.8) is 0 Å². The number of aromatic nitrogens is 1. The van der Waals surface area contributed by atoms with Crippen LogP contribution in [0.4, 0.5) is 14.9 Å². The molecule has 0 saturated carbocycles. The van der Waals surface area contributed by atoms with Gasteiger partial charge in [-0.25, -0.2) is 17.6 Å². The van der Waals surface area contributed by atoms with E-state index in [0.29, 0.717) is 41.5 Å². The van der Waals surface area contributed by atoms with Crippen molar-refractivity contribution in [2.75, 3.05) is 24.4 Å². The van der Waals surface area contributed by atoms with Gasteiger partial charge in [-0.3, -0.25) is 4.98 Å². The van der Waals surface area contributed by atoms with Crippen LogP contribution in [0.2, 0.25) is 5.02 Å². The van der Waals surface area contributed by atoms with Crippen LogP contribution in [0.15, 0.2) is 47.5 Å². The first-order chi connectivity index (χ1) is 13.8. The van der Waals surface area contributed by atoms with E-state index in [-0.39, 0.29) is 17.5 Å². The van der Waals surface area contributed by atoms with E-state index < -0.39 is 15.8 Å². The Bertz CT molecular complexity index is 1040. The number of hydrogen-bond donors (Lipinski definition) is 2. The minimum absolute atomic E-state index is 0.138. The highest BCUT2D eigenvalue weighted by Gasteiger charge is 2.20. The summed E-state index contributed by atoms with van der Waals surface area (Å²) >= 11 is 6.23. The normalized spacial score (nSPS) is 14.4. The van der Waals surface area contributed by atoms with Gasteiger partial charge in [0.05, 0.1) is 22.2 Å². The maximum Gasteiger partial charge on any atom is 0.322 e. The quantitative estimate of drug-likeness (QED) is 0.745. The molecule has 0 fully saturated rings. The lowest BCUT2D eigenvalue weighted by molar-refractivity contribution is 0.217. The Hall–Kier alpha value is -2.49. The van der Waals surface area contributed by atoms with E-state index >= 15 is 0 Å². The molecule has 0 saturated heterocycles. The highest BCUT2D eigenvalue weighted by Crippen LogP contribution is 2.28. The van der Waals surface area contributed by atoms with E-state index in [1.807, 2.05) is 6.08 Å². The van der Waals surface area contributed by atoms with Crippen molar-refractivity contribution in [2.24, 2.45) is 0 Å². The summed E-state index contributed by atoms with van der Waals surface area (Å²) in [6, 6.07) is 5.19. The Morgan fingerprint density at radius 1 is 1.31 bits per heavy atom. The van der Waals surface area contributed by atoms with Crippen LogP contribution in [0.5, 0.6) is 0 Å². The van der Waals surface area contributed by atoms with Crippen LogP contribution in [-0.2, 0) is 16.4 Å². The van der Waals surface area contributed by atoms with Gasteiger partial charge in [0.2, 0.25) is 9.84 Å². The van der Waals surface area contributed by atoms with Crippen LogP contribution < -0.4 is 5.32 Å². The van der Waals surface area contributed by atoms with Crippen molar-refractivity contribution < 1.29 is 22.7 Å².